The zero-order chi connectivity index (χ0) is 14.8. The van der Waals surface area contributed by atoms with E-state index in [1.807, 2.05) is 11.3 Å². The third-order valence-electron chi connectivity index (χ3n) is 2.85. The fraction of sp³-hybridized carbons (Fsp3) is 0.529. The van der Waals surface area contributed by atoms with E-state index >= 15 is 0 Å². The van der Waals surface area contributed by atoms with Gasteiger partial charge in [0, 0.05) is 14.7 Å². The first kappa shape index (κ1) is 16.6. The molecule has 0 amide bonds. The van der Waals surface area contributed by atoms with Crippen molar-refractivity contribution in [3.8, 4) is 0 Å². The van der Waals surface area contributed by atoms with E-state index in [4.69, 9.17) is 0 Å². The normalized spacial score (nSPS) is 13.7. The molecule has 106 valence electrons. The maximum absolute atomic E-state index is 4.25. The summed E-state index contributed by atoms with van der Waals surface area (Å²) in [5, 5.41) is 0. The van der Waals surface area contributed by atoms with Crippen molar-refractivity contribution in [3.05, 3.63) is 39.4 Å². The van der Waals surface area contributed by atoms with Crippen molar-refractivity contribution >= 4 is 28.0 Å². The zero-order valence-corrected chi connectivity index (χ0v) is 14.9. The van der Waals surface area contributed by atoms with Crippen molar-refractivity contribution in [2.24, 2.45) is 5.41 Å². The van der Waals surface area contributed by atoms with Gasteiger partial charge in [-0.2, -0.15) is 0 Å². The summed E-state index contributed by atoms with van der Waals surface area (Å²) in [4.78, 5) is 5.24. The molecule has 0 unspecified atom stereocenters. The van der Waals surface area contributed by atoms with Crippen molar-refractivity contribution < 1.29 is 0 Å². The van der Waals surface area contributed by atoms with Crippen LogP contribution in [0, 0.1) is 5.41 Å². The van der Waals surface area contributed by atoms with Gasteiger partial charge in [-0.15, -0.1) is 11.3 Å². The Bertz CT molecular complexity index is 476. The standard InChI is InChI=1S/C17H26S2/c1-9-14(16(3,4)5)18-12(2)13-10-11-15(19-13)17(6,7)8/h9-11H,2H2,1,3-8H3/b14-9-. The molecule has 0 aliphatic carbocycles. The Labute approximate surface area is 127 Å². The van der Waals surface area contributed by atoms with Crippen LogP contribution in [-0.4, -0.2) is 0 Å². The Morgan fingerprint density at radius 1 is 1.16 bits per heavy atom. The summed E-state index contributed by atoms with van der Waals surface area (Å²) in [6, 6.07) is 4.44. The van der Waals surface area contributed by atoms with E-state index in [9.17, 15) is 0 Å². The summed E-state index contributed by atoms with van der Waals surface area (Å²) in [6.45, 7) is 19.9. The SMILES string of the molecule is C=C(S/C(=C\C)C(C)(C)C)c1ccc(C(C)(C)C)s1. The first-order valence-corrected chi connectivity index (χ1v) is 8.33. The predicted octanol–water partition coefficient (Wildman–Crippen LogP) is 6.70. The molecule has 0 bridgehead atoms. The van der Waals surface area contributed by atoms with E-state index in [1.54, 1.807) is 11.8 Å². The molecule has 0 radical (unpaired) electrons. The van der Waals surface area contributed by atoms with Crippen LogP contribution in [-0.2, 0) is 5.41 Å². The van der Waals surface area contributed by atoms with Gasteiger partial charge in [0.15, 0.2) is 0 Å². The van der Waals surface area contributed by atoms with Crippen LogP contribution in [0.2, 0.25) is 0 Å². The summed E-state index contributed by atoms with van der Waals surface area (Å²) in [6.07, 6.45) is 2.20. The van der Waals surface area contributed by atoms with E-state index in [2.05, 4.69) is 73.3 Å². The maximum Gasteiger partial charge on any atom is 0.0406 e. The van der Waals surface area contributed by atoms with E-state index in [1.165, 1.54) is 14.7 Å². The van der Waals surface area contributed by atoms with Gasteiger partial charge in [0.25, 0.3) is 0 Å². The second-order valence-electron chi connectivity index (χ2n) is 6.84. The molecule has 0 saturated carbocycles. The van der Waals surface area contributed by atoms with Crippen LogP contribution >= 0.6 is 23.1 Å². The number of hydrogen-bond acceptors (Lipinski definition) is 2. The fourth-order valence-electron chi connectivity index (χ4n) is 1.72. The highest BCUT2D eigenvalue weighted by Gasteiger charge is 2.20. The van der Waals surface area contributed by atoms with Gasteiger partial charge in [-0.1, -0.05) is 66.0 Å². The highest BCUT2D eigenvalue weighted by molar-refractivity contribution is 8.12. The van der Waals surface area contributed by atoms with E-state index in [-0.39, 0.29) is 10.8 Å². The molecule has 0 aromatic carbocycles. The average molecular weight is 295 g/mol. The van der Waals surface area contributed by atoms with Crippen molar-refractivity contribution in [1.29, 1.82) is 0 Å². The second kappa shape index (κ2) is 5.88. The highest BCUT2D eigenvalue weighted by Crippen LogP contribution is 2.44. The van der Waals surface area contributed by atoms with Gasteiger partial charge in [-0.05, 0) is 34.8 Å². The first-order chi connectivity index (χ1) is 8.55. The van der Waals surface area contributed by atoms with Crippen molar-refractivity contribution in [2.75, 3.05) is 0 Å². The van der Waals surface area contributed by atoms with Crippen LogP contribution < -0.4 is 0 Å². The quantitative estimate of drug-likeness (QED) is 0.597. The minimum Gasteiger partial charge on any atom is -0.139 e. The molecule has 19 heavy (non-hydrogen) atoms. The van der Waals surface area contributed by atoms with E-state index in [0.717, 1.165) is 4.91 Å². The van der Waals surface area contributed by atoms with E-state index in [0.29, 0.717) is 0 Å². The van der Waals surface area contributed by atoms with Crippen LogP contribution in [0.15, 0.2) is 29.7 Å². The first-order valence-electron chi connectivity index (χ1n) is 6.70. The Kier molecular flexibility index (Phi) is 5.14. The number of rotatable bonds is 3. The molecule has 1 aromatic rings. The Balaban J connectivity index is 2.88. The van der Waals surface area contributed by atoms with Gasteiger partial charge < -0.3 is 0 Å². The lowest BCUT2D eigenvalue weighted by atomic mass is 9.95. The largest absolute Gasteiger partial charge is 0.139 e. The Morgan fingerprint density at radius 3 is 2.11 bits per heavy atom. The Morgan fingerprint density at radius 2 is 1.74 bits per heavy atom. The smallest absolute Gasteiger partial charge is 0.0406 e. The summed E-state index contributed by atoms with van der Waals surface area (Å²) in [5.41, 5.74) is 0.411. The van der Waals surface area contributed by atoms with Gasteiger partial charge >= 0.3 is 0 Å². The summed E-state index contributed by atoms with van der Waals surface area (Å²) >= 11 is 3.67. The molecule has 0 fully saturated rings. The van der Waals surface area contributed by atoms with E-state index < -0.39 is 0 Å². The van der Waals surface area contributed by atoms with Gasteiger partial charge in [0.2, 0.25) is 0 Å². The third-order valence-corrected chi connectivity index (χ3v) is 6.09. The molecule has 0 atom stereocenters. The Hall–Kier alpha value is -0.470. The van der Waals surface area contributed by atoms with Crippen LogP contribution in [0.5, 0.6) is 0 Å². The molecule has 0 nitrogen and oxygen atoms in total. The number of thioether (sulfide) groups is 1. The van der Waals surface area contributed by atoms with Crippen molar-refractivity contribution in [2.45, 2.75) is 53.9 Å². The van der Waals surface area contributed by atoms with Crippen molar-refractivity contribution in [1.82, 2.24) is 0 Å². The minimum atomic E-state index is 0.187. The molecule has 0 spiro atoms. The molecule has 1 aromatic heterocycles. The zero-order valence-electron chi connectivity index (χ0n) is 13.3. The van der Waals surface area contributed by atoms with Crippen LogP contribution in [0.3, 0.4) is 0 Å². The summed E-state index contributed by atoms with van der Waals surface area (Å²) in [5.74, 6) is 0. The molecule has 0 N–H and O–H groups in total. The van der Waals surface area contributed by atoms with Gasteiger partial charge in [0.05, 0.1) is 0 Å². The molecule has 0 aliphatic rings. The molecule has 0 aliphatic heterocycles. The highest BCUT2D eigenvalue weighted by atomic mass is 32.2. The summed E-state index contributed by atoms with van der Waals surface area (Å²) < 4.78 is 0. The molecule has 1 heterocycles. The molecular weight excluding hydrogens is 268 g/mol. The van der Waals surface area contributed by atoms with Crippen LogP contribution in [0.1, 0.15) is 58.2 Å². The molecule has 1 rings (SSSR count). The van der Waals surface area contributed by atoms with Crippen LogP contribution in [0.4, 0.5) is 0 Å². The number of allylic oxidation sites excluding steroid dienone is 2. The fourth-order valence-corrected chi connectivity index (χ4v) is 3.76. The summed E-state index contributed by atoms with van der Waals surface area (Å²) in [7, 11) is 0. The predicted molar refractivity (Wildman–Crippen MR) is 92.9 cm³/mol. The number of hydrogen-bond donors (Lipinski definition) is 0. The van der Waals surface area contributed by atoms with Crippen molar-refractivity contribution in [3.63, 3.8) is 0 Å². The topological polar surface area (TPSA) is 0 Å². The van der Waals surface area contributed by atoms with Gasteiger partial charge in [0.1, 0.15) is 0 Å². The minimum absolute atomic E-state index is 0.187. The average Bonchev–Trinajstić information content (AvgIpc) is 2.72. The lowest BCUT2D eigenvalue weighted by Crippen LogP contribution is -2.07. The third kappa shape index (κ3) is 4.54. The molecule has 0 saturated heterocycles. The molecular formula is C17H26S2. The lowest BCUT2D eigenvalue weighted by molar-refractivity contribution is 0.533. The second-order valence-corrected chi connectivity index (χ2v) is 9.06. The maximum atomic E-state index is 4.25. The van der Waals surface area contributed by atoms with Gasteiger partial charge in [-0.25, -0.2) is 0 Å². The van der Waals surface area contributed by atoms with Gasteiger partial charge in [-0.3, -0.25) is 0 Å². The molecule has 2 heteroatoms. The number of thiophene rings is 1. The van der Waals surface area contributed by atoms with Crippen LogP contribution in [0.25, 0.3) is 4.91 Å². The lowest BCUT2D eigenvalue weighted by Gasteiger charge is -2.22. The monoisotopic (exact) mass is 294 g/mol.